The van der Waals surface area contributed by atoms with E-state index in [9.17, 15) is 14.4 Å². The van der Waals surface area contributed by atoms with Gasteiger partial charge in [-0.3, -0.25) is 9.59 Å². The quantitative estimate of drug-likeness (QED) is 0.614. The number of benzene rings is 1. The van der Waals surface area contributed by atoms with E-state index in [-0.39, 0.29) is 31.1 Å². The van der Waals surface area contributed by atoms with Gasteiger partial charge in [0.05, 0.1) is 12.3 Å². The maximum absolute atomic E-state index is 12.0. The lowest BCUT2D eigenvalue weighted by Gasteiger charge is -2.02. The molecule has 0 saturated carbocycles. The molecule has 0 bridgehead atoms. The maximum atomic E-state index is 12.0. The summed E-state index contributed by atoms with van der Waals surface area (Å²) in [5.41, 5.74) is 1.09. The summed E-state index contributed by atoms with van der Waals surface area (Å²) in [7, 11) is 0. The van der Waals surface area contributed by atoms with Crippen LogP contribution >= 0.6 is 11.3 Å². The first-order valence-electron chi connectivity index (χ1n) is 7.54. The topological polar surface area (TPSA) is 85.4 Å². The molecule has 1 heterocycles. The van der Waals surface area contributed by atoms with Gasteiger partial charge in [0.15, 0.2) is 10.9 Å². The number of aryl methyl sites for hydroxylation is 1. The second-order valence-corrected chi connectivity index (χ2v) is 5.99. The number of esters is 1. The molecule has 0 atom stereocenters. The fraction of sp³-hybridized carbons (Fsp3) is 0.294. The van der Waals surface area contributed by atoms with E-state index in [1.165, 1.54) is 0 Å². The Morgan fingerprint density at radius 1 is 1.17 bits per heavy atom. The second kappa shape index (κ2) is 8.35. The Morgan fingerprint density at radius 3 is 2.54 bits per heavy atom. The van der Waals surface area contributed by atoms with Crippen molar-refractivity contribution in [2.75, 3.05) is 11.9 Å². The minimum absolute atomic E-state index is 0.0566. The minimum Gasteiger partial charge on any atom is -0.462 e. The number of ether oxygens (including phenoxy) is 1. The Bertz CT molecular complexity index is 740. The van der Waals surface area contributed by atoms with Crippen molar-refractivity contribution in [3.8, 4) is 0 Å². The number of nitrogens with zero attached hydrogens (tertiary/aromatic N) is 1. The van der Waals surface area contributed by atoms with Gasteiger partial charge in [-0.05, 0) is 13.8 Å². The zero-order chi connectivity index (χ0) is 17.5. The highest BCUT2D eigenvalue weighted by Gasteiger charge is 2.18. The predicted molar refractivity (Wildman–Crippen MR) is 91.4 cm³/mol. The first-order chi connectivity index (χ1) is 11.5. The number of hydrogen-bond donors (Lipinski definition) is 1. The van der Waals surface area contributed by atoms with Crippen LogP contribution in [0, 0.1) is 6.92 Å². The monoisotopic (exact) mass is 346 g/mol. The number of thiazole rings is 1. The van der Waals surface area contributed by atoms with Crippen molar-refractivity contribution in [3.63, 3.8) is 0 Å². The van der Waals surface area contributed by atoms with E-state index in [4.69, 9.17) is 4.74 Å². The Labute approximate surface area is 143 Å². The minimum atomic E-state index is -0.452. The van der Waals surface area contributed by atoms with Crippen molar-refractivity contribution < 1.29 is 19.1 Å². The largest absolute Gasteiger partial charge is 0.462 e. The van der Waals surface area contributed by atoms with Crippen LogP contribution in [-0.2, 0) is 9.53 Å². The summed E-state index contributed by atoms with van der Waals surface area (Å²) in [5.74, 6) is -0.857. The van der Waals surface area contributed by atoms with Gasteiger partial charge in [-0.15, -0.1) is 0 Å². The summed E-state index contributed by atoms with van der Waals surface area (Å²) < 4.78 is 4.93. The van der Waals surface area contributed by atoms with Crippen LogP contribution in [0.2, 0.25) is 0 Å². The summed E-state index contributed by atoms with van der Waals surface area (Å²) in [5, 5.41) is 2.94. The molecule has 1 aromatic carbocycles. The van der Waals surface area contributed by atoms with Gasteiger partial charge in [-0.2, -0.15) is 0 Å². The molecule has 0 spiro atoms. The molecular formula is C17H18N2O4S. The number of anilines is 1. The molecule has 2 aromatic rings. The molecule has 0 aliphatic rings. The lowest BCUT2D eigenvalue weighted by Crippen LogP contribution is -2.13. The highest BCUT2D eigenvalue weighted by molar-refractivity contribution is 7.17. The third kappa shape index (κ3) is 4.73. The van der Waals surface area contributed by atoms with Crippen LogP contribution in [0.1, 0.15) is 45.5 Å². The predicted octanol–water partition coefficient (Wildman–Crippen LogP) is 3.23. The molecule has 1 N–H and O–H groups in total. The Balaban J connectivity index is 1.90. The molecule has 1 amide bonds. The SMILES string of the molecule is CCOC(=O)c1sc(NC(=O)CCC(=O)c2ccccc2)nc1C. The standard InChI is InChI=1S/C17H18N2O4S/c1-3-23-16(22)15-11(2)18-17(24-15)19-14(21)10-9-13(20)12-7-5-4-6-8-12/h4-8H,3,9-10H2,1-2H3,(H,18,19,21). The second-order valence-electron chi connectivity index (χ2n) is 4.99. The molecule has 0 aliphatic carbocycles. The van der Waals surface area contributed by atoms with E-state index >= 15 is 0 Å². The smallest absolute Gasteiger partial charge is 0.350 e. The van der Waals surface area contributed by atoms with Crippen LogP contribution in [0.15, 0.2) is 30.3 Å². The van der Waals surface area contributed by atoms with Gasteiger partial charge in [0, 0.05) is 18.4 Å². The molecule has 2 rings (SSSR count). The van der Waals surface area contributed by atoms with Gasteiger partial charge < -0.3 is 10.1 Å². The van der Waals surface area contributed by atoms with E-state index in [2.05, 4.69) is 10.3 Å². The molecule has 0 radical (unpaired) electrons. The van der Waals surface area contributed by atoms with Crippen LogP contribution in [0.5, 0.6) is 0 Å². The number of carbonyl (C=O) groups is 3. The lowest BCUT2D eigenvalue weighted by molar-refractivity contribution is -0.116. The zero-order valence-corrected chi connectivity index (χ0v) is 14.3. The molecule has 0 unspecified atom stereocenters. The fourth-order valence-electron chi connectivity index (χ4n) is 2.01. The van der Waals surface area contributed by atoms with Crippen molar-refractivity contribution in [2.45, 2.75) is 26.7 Å². The number of hydrogen-bond acceptors (Lipinski definition) is 6. The zero-order valence-electron chi connectivity index (χ0n) is 13.5. The van der Waals surface area contributed by atoms with Crippen molar-refractivity contribution >= 4 is 34.1 Å². The van der Waals surface area contributed by atoms with Crippen LogP contribution in [0.25, 0.3) is 0 Å². The summed E-state index contributed by atoms with van der Waals surface area (Å²) in [4.78, 5) is 40.2. The van der Waals surface area contributed by atoms with Crippen LogP contribution in [0.3, 0.4) is 0 Å². The number of Topliss-reactive ketones (excluding diaryl/α,β-unsaturated/α-hetero) is 1. The third-order valence-electron chi connectivity index (χ3n) is 3.18. The van der Waals surface area contributed by atoms with E-state index in [0.29, 0.717) is 21.3 Å². The van der Waals surface area contributed by atoms with Gasteiger partial charge in [-0.1, -0.05) is 41.7 Å². The van der Waals surface area contributed by atoms with Crippen molar-refractivity contribution in [3.05, 3.63) is 46.5 Å². The van der Waals surface area contributed by atoms with E-state index < -0.39 is 5.97 Å². The number of carbonyl (C=O) groups excluding carboxylic acids is 3. The maximum Gasteiger partial charge on any atom is 0.350 e. The number of amides is 1. The average molecular weight is 346 g/mol. The first kappa shape index (κ1) is 17.8. The average Bonchev–Trinajstić information content (AvgIpc) is 2.94. The molecule has 0 saturated heterocycles. The summed E-state index contributed by atoms with van der Waals surface area (Å²) in [6.07, 6.45) is 0.173. The highest BCUT2D eigenvalue weighted by Crippen LogP contribution is 2.23. The van der Waals surface area contributed by atoms with Gasteiger partial charge >= 0.3 is 5.97 Å². The number of ketones is 1. The molecule has 0 aliphatic heterocycles. The molecule has 7 heteroatoms. The van der Waals surface area contributed by atoms with Crippen molar-refractivity contribution in [2.24, 2.45) is 0 Å². The molecule has 24 heavy (non-hydrogen) atoms. The summed E-state index contributed by atoms with van der Waals surface area (Å²) >= 11 is 1.06. The Kier molecular flexibility index (Phi) is 6.20. The van der Waals surface area contributed by atoms with Crippen LogP contribution in [0.4, 0.5) is 5.13 Å². The molecular weight excluding hydrogens is 328 g/mol. The van der Waals surface area contributed by atoms with Crippen LogP contribution in [-0.4, -0.2) is 29.3 Å². The summed E-state index contributed by atoms with van der Waals surface area (Å²) in [6, 6.07) is 8.83. The Morgan fingerprint density at radius 2 is 1.88 bits per heavy atom. The van der Waals surface area contributed by atoms with E-state index in [0.717, 1.165) is 11.3 Å². The van der Waals surface area contributed by atoms with E-state index in [1.54, 1.807) is 38.1 Å². The highest BCUT2D eigenvalue weighted by atomic mass is 32.1. The van der Waals surface area contributed by atoms with Gasteiger partial charge in [0.1, 0.15) is 4.88 Å². The molecule has 126 valence electrons. The lowest BCUT2D eigenvalue weighted by atomic mass is 10.1. The van der Waals surface area contributed by atoms with Gasteiger partial charge in [0.25, 0.3) is 0 Å². The third-order valence-corrected chi connectivity index (χ3v) is 4.23. The Hall–Kier alpha value is -2.54. The van der Waals surface area contributed by atoms with Crippen molar-refractivity contribution in [1.29, 1.82) is 0 Å². The van der Waals surface area contributed by atoms with Crippen LogP contribution < -0.4 is 5.32 Å². The number of aromatic nitrogens is 1. The fourth-order valence-corrected chi connectivity index (χ4v) is 2.89. The van der Waals surface area contributed by atoms with E-state index in [1.807, 2.05) is 6.07 Å². The van der Waals surface area contributed by atoms with Gasteiger partial charge in [0.2, 0.25) is 5.91 Å². The number of rotatable bonds is 7. The summed E-state index contributed by atoms with van der Waals surface area (Å²) in [6.45, 7) is 3.68. The van der Waals surface area contributed by atoms with Gasteiger partial charge in [-0.25, -0.2) is 9.78 Å². The molecule has 6 nitrogen and oxygen atoms in total. The normalized spacial score (nSPS) is 10.2. The van der Waals surface area contributed by atoms with Crippen molar-refractivity contribution in [1.82, 2.24) is 4.98 Å². The number of nitrogens with one attached hydrogen (secondary N) is 1. The molecule has 1 aromatic heterocycles. The first-order valence-corrected chi connectivity index (χ1v) is 8.35. The molecule has 0 fully saturated rings.